The van der Waals surface area contributed by atoms with Gasteiger partial charge in [-0.15, -0.1) is 0 Å². The molecule has 1 heterocycles. The Bertz CT molecular complexity index is 1050. The van der Waals surface area contributed by atoms with Gasteiger partial charge < -0.3 is 14.4 Å². The molecule has 0 aliphatic carbocycles. The van der Waals surface area contributed by atoms with Crippen molar-refractivity contribution in [2.24, 2.45) is 0 Å². The second-order valence-corrected chi connectivity index (χ2v) is 7.89. The molecule has 1 aliphatic heterocycles. The van der Waals surface area contributed by atoms with E-state index in [4.69, 9.17) is 21.7 Å². The molecule has 0 saturated carbocycles. The normalized spacial score (nSPS) is 13.5. The van der Waals surface area contributed by atoms with E-state index < -0.39 is 27.2 Å². The molecule has 0 N–H and O–H groups in total. The zero-order valence-corrected chi connectivity index (χ0v) is 18.6. The Morgan fingerprint density at radius 3 is 2.26 bits per heavy atom. The summed E-state index contributed by atoms with van der Waals surface area (Å²) < 4.78 is 11.5. The zero-order valence-electron chi connectivity index (χ0n) is 16.2. The Morgan fingerprint density at radius 2 is 1.71 bits per heavy atom. The number of carbonyl (C=O) groups excluding carboxylic acids is 1. The fourth-order valence-electron chi connectivity index (χ4n) is 3.04. The largest absolute Gasteiger partial charge is 0.422 e. The first kappa shape index (κ1) is 22.7. The summed E-state index contributed by atoms with van der Waals surface area (Å²) in [5.41, 5.74) is -1.07. The molecule has 12 heteroatoms. The van der Waals surface area contributed by atoms with Crippen LogP contribution in [0.4, 0.5) is 11.4 Å². The van der Waals surface area contributed by atoms with E-state index in [1.807, 2.05) is 4.90 Å². The number of carbonyl (C=O) groups is 1. The molecule has 0 amide bonds. The van der Waals surface area contributed by atoms with E-state index in [9.17, 15) is 25.0 Å². The first-order chi connectivity index (χ1) is 14.7. The minimum atomic E-state index is -0.973. The Balaban J connectivity index is 1.96. The molecule has 0 radical (unpaired) electrons. The van der Waals surface area contributed by atoms with Crippen LogP contribution < -0.4 is 4.74 Å². The van der Waals surface area contributed by atoms with Gasteiger partial charge in [0.2, 0.25) is 0 Å². The van der Waals surface area contributed by atoms with Gasteiger partial charge in [-0.3, -0.25) is 20.2 Å². The fraction of sp³-hybridized carbons (Fsp3) is 0.263. The number of esters is 1. The van der Waals surface area contributed by atoms with Gasteiger partial charge in [-0.2, -0.15) is 0 Å². The molecule has 0 aromatic heterocycles. The molecule has 2 aromatic carbocycles. The van der Waals surface area contributed by atoms with Gasteiger partial charge in [-0.25, -0.2) is 4.79 Å². The van der Waals surface area contributed by atoms with Crippen molar-refractivity contribution in [3.05, 3.63) is 71.7 Å². The summed E-state index contributed by atoms with van der Waals surface area (Å²) in [6, 6.07) is 6.79. The molecular weight excluding hydrogens is 494 g/mol. The molecule has 2 aromatic rings. The molecule has 0 spiro atoms. The number of hydrogen-bond acceptors (Lipinski definition) is 8. The third-order valence-electron chi connectivity index (χ3n) is 4.65. The van der Waals surface area contributed by atoms with Gasteiger partial charge in [-0.05, 0) is 25.1 Å². The lowest BCUT2D eigenvalue weighted by atomic mass is 10.1. The monoisotopic (exact) mass is 509 g/mol. The summed E-state index contributed by atoms with van der Waals surface area (Å²) in [4.78, 5) is 36.1. The number of hydrogen-bond donors (Lipinski definition) is 0. The van der Waals surface area contributed by atoms with Crippen LogP contribution in [0.1, 0.15) is 21.5 Å². The summed E-state index contributed by atoms with van der Waals surface area (Å²) in [5, 5.41) is 22.6. The number of morpholine rings is 1. The molecule has 1 fully saturated rings. The van der Waals surface area contributed by atoms with Crippen LogP contribution in [0.2, 0.25) is 0 Å². The maximum absolute atomic E-state index is 12.8. The number of benzene rings is 2. The molecule has 0 unspecified atom stereocenters. The lowest BCUT2D eigenvalue weighted by Gasteiger charge is -2.29. The molecule has 1 saturated heterocycles. The van der Waals surface area contributed by atoms with Gasteiger partial charge in [0.05, 0.1) is 34.2 Å². The molecular formula is C19H16BrN3O7S. The second kappa shape index (κ2) is 9.45. The second-order valence-electron chi connectivity index (χ2n) is 6.59. The van der Waals surface area contributed by atoms with Gasteiger partial charge in [0.1, 0.15) is 16.3 Å². The lowest BCUT2D eigenvalue weighted by Crippen LogP contribution is -2.40. The molecule has 1 aliphatic rings. The van der Waals surface area contributed by atoms with Crippen molar-refractivity contribution in [2.45, 2.75) is 6.92 Å². The van der Waals surface area contributed by atoms with Crippen molar-refractivity contribution in [3.63, 3.8) is 0 Å². The van der Waals surface area contributed by atoms with Crippen molar-refractivity contribution in [1.82, 2.24) is 4.90 Å². The van der Waals surface area contributed by atoms with E-state index in [-0.39, 0.29) is 16.9 Å². The summed E-state index contributed by atoms with van der Waals surface area (Å²) in [6.07, 6.45) is 0. The van der Waals surface area contributed by atoms with E-state index >= 15 is 0 Å². The topological polar surface area (TPSA) is 125 Å². The highest BCUT2D eigenvalue weighted by Crippen LogP contribution is 2.31. The quantitative estimate of drug-likeness (QED) is 0.194. The number of rotatable bonds is 5. The third-order valence-corrected chi connectivity index (χ3v) is 5.63. The van der Waals surface area contributed by atoms with Crippen molar-refractivity contribution in [2.75, 3.05) is 26.3 Å². The first-order valence-corrected chi connectivity index (χ1v) is 10.2. The van der Waals surface area contributed by atoms with Crippen LogP contribution in [0.3, 0.4) is 0 Å². The smallest absolute Gasteiger partial charge is 0.344 e. The van der Waals surface area contributed by atoms with Crippen molar-refractivity contribution in [3.8, 4) is 5.75 Å². The highest BCUT2D eigenvalue weighted by molar-refractivity contribution is 9.10. The predicted molar refractivity (Wildman–Crippen MR) is 118 cm³/mol. The van der Waals surface area contributed by atoms with Gasteiger partial charge in [0, 0.05) is 29.7 Å². The number of halogens is 1. The first-order valence-electron chi connectivity index (χ1n) is 9.01. The standard InChI is InChI=1S/C19H16BrN3O7S/c1-11-15(22(25)26)8-12(9-16(11)23(27)28)19(24)30-17-3-2-13(20)10-14(17)18(31)21-4-6-29-7-5-21/h2-3,8-10H,4-7H2,1H3. The molecule has 10 nitrogen and oxygen atoms in total. The maximum Gasteiger partial charge on any atom is 0.344 e. The van der Waals surface area contributed by atoms with Crippen LogP contribution in [0.5, 0.6) is 5.75 Å². The van der Waals surface area contributed by atoms with Crippen LogP contribution in [0.25, 0.3) is 0 Å². The Hall–Kier alpha value is -2.96. The predicted octanol–water partition coefficient (Wildman–Crippen LogP) is 3.80. The Morgan fingerprint density at radius 1 is 1.13 bits per heavy atom. The highest BCUT2D eigenvalue weighted by atomic mass is 79.9. The summed E-state index contributed by atoms with van der Waals surface area (Å²) in [7, 11) is 0. The van der Waals surface area contributed by atoms with Gasteiger partial charge >= 0.3 is 5.97 Å². The van der Waals surface area contributed by atoms with Crippen LogP contribution >= 0.6 is 28.1 Å². The van der Waals surface area contributed by atoms with Crippen LogP contribution in [0, 0.1) is 27.2 Å². The highest BCUT2D eigenvalue weighted by Gasteiger charge is 2.27. The third kappa shape index (κ3) is 5.03. The Labute approximate surface area is 190 Å². The number of nitro benzene ring substituents is 2. The molecule has 0 bridgehead atoms. The maximum atomic E-state index is 12.8. The van der Waals surface area contributed by atoms with Crippen LogP contribution in [0.15, 0.2) is 34.8 Å². The number of nitrogens with zero attached hydrogens (tertiary/aromatic N) is 3. The molecule has 0 atom stereocenters. The number of thiocarbonyl (C=S) groups is 1. The van der Waals surface area contributed by atoms with E-state index in [0.29, 0.717) is 41.3 Å². The Kier molecular flexibility index (Phi) is 6.93. The van der Waals surface area contributed by atoms with Gasteiger partial charge in [-0.1, -0.05) is 28.1 Å². The van der Waals surface area contributed by atoms with Crippen LogP contribution in [-0.4, -0.2) is 52.0 Å². The van der Waals surface area contributed by atoms with Crippen molar-refractivity contribution < 1.29 is 24.1 Å². The molecule has 3 rings (SSSR count). The van der Waals surface area contributed by atoms with E-state index in [1.54, 1.807) is 12.1 Å². The number of nitro groups is 2. The average Bonchev–Trinajstić information content (AvgIpc) is 2.74. The summed E-state index contributed by atoms with van der Waals surface area (Å²) in [6.45, 7) is 3.43. The minimum absolute atomic E-state index is 0.135. The number of ether oxygens (including phenoxy) is 2. The fourth-order valence-corrected chi connectivity index (χ4v) is 3.74. The van der Waals surface area contributed by atoms with Gasteiger partial charge in [0.15, 0.2) is 0 Å². The zero-order chi connectivity index (χ0) is 22.7. The van der Waals surface area contributed by atoms with Crippen molar-refractivity contribution >= 4 is 50.5 Å². The molecule has 31 heavy (non-hydrogen) atoms. The minimum Gasteiger partial charge on any atom is -0.422 e. The summed E-state index contributed by atoms with van der Waals surface area (Å²) in [5.74, 6) is -0.838. The van der Waals surface area contributed by atoms with Gasteiger partial charge in [0.25, 0.3) is 11.4 Å². The lowest BCUT2D eigenvalue weighted by molar-refractivity contribution is -0.395. The molecule has 162 valence electrons. The van der Waals surface area contributed by atoms with Crippen molar-refractivity contribution in [1.29, 1.82) is 0 Å². The summed E-state index contributed by atoms with van der Waals surface area (Å²) >= 11 is 8.93. The average molecular weight is 510 g/mol. The van der Waals surface area contributed by atoms with E-state index in [0.717, 1.165) is 12.1 Å². The SMILES string of the molecule is Cc1c([N+](=O)[O-])cc(C(=O)Oc2ccc(Br)cc2C(=S)N2CCOCC2)cc1[N+](=O)[O-]. The van der Waals surface area contributed by atoms with Crippen LogP contribution in [-0.2, 0) is 4.74 Å². The van der Waals surface area contributed by atoms with E-state index in [1.165, 1.54) is 13.0 Å². The van der Waals surface area contributed by atoms with E-state index in [2.05, 4.69) is 15.9 Å².